The van der Waals surface area contributed by atoms with Crippen molar-refractivity contribution in [3.63, 3.8) is 0 Å². The molecule has 10 heteroatoms. The maximum Gasteiger partial charge on any atom is 0.331 e. The number of aromatic nitrogens is 2. The molecule has 0 aromatic carbocycles. The van der Waals surface area contributed by atoms with Gasteiger partial charge in [0, 0.05) is 50.0 Å². The van der Waals surface area contributed by atoms with Gasteiger partial charge in [0.15, 0.2) is 5.78 Å². The summed E-state index contributed by atoms with van der Waals surface area (Å²) in [6, 6.07) is 6.03. The van der Waals surface area contributed by atoms with E-state index in [9.17, 15) is 19.5 Å². The Balaban J connectivity index is 1.66. The summed E-state index contributed by atoms with van der Waals surface area (Å²) in [5, 5.41) is 16.6. The quantitative estimate of drug-likeness (QED) is 0.388. The van der Waals surface area contributed by atoms with Crippen LogP contribution >= 0.6 is 0 Å². The molecule has 0 spiro atoms. The number of carbonyl (C=O) groups excluding carboxylic acids is 2. The van der Waals surface area contributed by atoms with E-state index < -0.39 is 29.1 Å². The predicted octanol–water partition coefficient (Wildman–Crippen LogP) is 0.0756. The normalized spacial score (nSPS) is 18.5. The van der Waals surface area contributed by atoms with Gasteiger partial charge in [-0.2, -0.15) is 0 Å². The number of aliphatic carboxylic acids is 1. The van der Waals surface area contributed by atoms with Crippen LogP contribution in [0.1, 0.15) is 29.7 Å². The van der Waals surface area contributed by atoms with Crippen LogP contribution in [0.4, 0.5) is 5.82 Å². The van der Waals surface area contributed by atoms with Crippen molar-refractivity contribution in [1.29, 1.82) is 0 Å². The maximum atomic E-state index is 13.9. The molecule has 2 aromatic heterocycles. The van der Waals surface area contributed by atoms with E-state index in [1.807, 2.05) is 17.0 Å². The summed E-state index contributed by atoms with van der Waals surface area (Å²) < 4.78 is 0. The first-order valence-corrected chi connectivity index (χ1v) is 11.1. The fourth-order valence-electron chi connectivity index (χ4n) is 4.64. The number of Topliss-reactive ketones (excluding diaryl/α,β-unsaturated/α-hetero) is 1. The molecule has 2 aliphatic rings. The number of carboxylic acid groups (broad SMARTS) is 1. The molecular weight excluding hydrogens is 424 g/mol. The number of hydrogen-bond acceptors (Lipinski definition) is 8. The van der Waals surface area contributed by atoms with E-state index in [1.165, 1.54) is 24.5 Å². The molecule has 2 aliphatic heterocycles. The van der Waals surface area contributed by atoms with Gasteiger partial charge in [-0.15, -0.1) is 0 Å². The smallest absolute Gasteiger partial charge is 0.331 e. The van der Waals surface area contributed by atoms with Crippen molar-refractivity contribution in [1.82, 2.24) is 20.2 Å². The third-order valence-corrected chi connectivity index (χ3v) is 6.41. The number of amides is 1. The van der Waals surface area contributed by atoms with Gasteiger partial charge in [0.1, 0.15) is 5.82 Å². The second-order valence-corrected chi connectivity index (χ2v) is 8.39. The van der Waals surface area contributed by atoms with E-state index in [2.05, 4.69) is 20.6 Å². The first-order valence-electron chi connectivity index (χ1n) is 11.1. The number of nitrogens with two attached hydrogens (primary N) is 1. The molecule has 1 saturated heterocycles. The van der Waals surface area contributed by atoms with Crippen LogP contribution in [-0.4, -0.2) is 70.0 Å². The van der Waals surface area contributed by atoms with Crippen LogP contribution in [0.25, 0.3) is 0 Å². The van der Waals surface area contributed by atoms with E-state index in [4.69, 9.17) is 5.73 Å². The number of primary amides is 1. The van der Waals surface area contributed by atoms with Crippen molar-refractivity contribution in [3.8, 4) is 0 Å². The van der Waals surface area contributed by atoms with Crippen LogP contribution in [0.3, 0.4) is 0 Å². The lowest BCUT2D eigenvalue weighted by Crippen LogP contribution is -2.60. The maximum absolute atomic E-state index is 13.9. The fraction of sp³-hybridized carbons (Fsp3) is 0.435. The largest absolute Gasteiger partial charge is 0.480 e. The van der Waals surface area contributed by atoms with E-state index in [0.717, 1.165) is 36.5 Å². The number of nitrogens with one attached hydrogen (secondary N) is 2. The second-order valence-electron chi connectivity index (χ2n) is 8.39. The fourth-order valence-corrected chi connectivity index (χ4v) is 4.64. The molecule has 1 fully saturated rings. The van der Waals surface area contributed by atoms with Crippen LogP contribution in [0.2, 0.25) is 0 Å². The van der Waals surface area contributed by atoms with Crippen LogP contribution in [0.5, 0.6) is 0 Å². The molecule has 10 nitrogen and oxygen atoms in total. The molecule has 4 heterocycles. The molecule has 2 atom stereocenters. The minimum absolute atomic E-state index is 0.0386. The monoisotopic (exact) mass is 452 g/mol. The van der Waals surface area contributed by atoms with E-state index >= 15 is 0 Å². The number of aryl methyl sites for hydroxylation is 2. The Bertz CT molecular complexity index is 1020. The Labute approximate surface area is 191 Å². The van der Waals surface area contributed by atoms with Crippen molar-refractivity contribution in [2.45, 2.75) is 37.1 Å². The molecule has 174 valence electrons. The SMILES string of the molecule is NC(=O)[C@@](C(=O)O)(C(=O)C(CCc1ccc2c(n1)NCCC2)N1CCNC1)c1cccnc1. The zero-order valence-electron chi connectivity index (χ0n) is 18.3. The molecule has 1 unspecified atom stereocenters. The summed E-state index contributed by atoms with van der Waals surface area (Å²) in [6.07, 6.45) is 5.44. The number of carbonyl (C=O) groups is 3. The summed E-state index contributed by atoms with van der Waals surface area (Å²) in [6.45, 7) is 2.50. The molecule has 4 rings (SSSR count). The van der Waals surface area contributed by atoms with Gasteiger partial charge >= 0.3 is 5.97 Å². The first-order chi connectivity index (χ1) is 15.9. The lowest BCUT2D eigenvalue weighted by atomic mass is 9.73. The highest BCUT2D eigenvalue weighted by atomic mass is 16.4. The summed E-state index contributed by atoms with van der Waals surface area (Å²) in [4.78, 5) is 49.4. The van der Waals surface area contributed by atoms with Gasteiger partial charge in [-0.05, 0) is 43.4 Å². The average Bonchev–Trinajstić information content (AvgIpc) is 3.34. The molecule has 0 saturated carbocycles. The molecule has 0 bridgehead atoms. The zero-order valence-corrected chi connectivity index (χ0v) is 18.3. The van der Waals surface area contributed by atoms with Crippen LogP contribution in [0.15, 0.2) is 36.7 Å². The number of ketones is 1. The Hall–Kier alpha value is -3.37. The van der Waals surface area contributed by atoms with Crippen LogP contribution < -0.4 is 16.4 Å². The molecule has 2 aromatic rings. The number of nitrogens with zero attached hydrogens (tertiary/aromatic N) is 3. The lowest BCUT2D eigenvalue weighted by molar-refractivity contribution is -0.155. The molecule has 33 heavy (non-hydrogen) atoms. The van der Waals surface area contributed by atoms with Gasteiger partial charge in [0.2, 0.25) is 11.3 Å². The second kappa shape index (κ2) is 9.63. The molecule has 0 radical (unpaired) electrons. The third-order valence-electron chi connectivity index (χ3n) is 6.41. The summed E-state index contributed by atoms with van der Waals surface area (Å²) in [7, 11) is 0. The Morgan fingerprint density at radius 2 is 2.09 bits per heavy atom. The highest BCUT2D eigenvalue weighted by Crippen LogP contribution is 2.30. The van der Waals surface area contributed by atoms with Gasteiger partial charge in [-0.3, -0.25) is 24.3 Å². The molecule has 1 amide bonds. The minimum Gasteiger partial charge on any atom is -0.480 e. The van der Waals surface area contributed by atoms with E-state index in [0.29, 0.717) is 32.6 Å². The topological polar surface area (TPSA) is 151 Å². The molecular formula is C23H28N6O4. The standard InChI is InChI=1S/C23H28N6O4/c24-21(31)23(22(32)33,16-4-2-9-25-13-16)19(30)18(29-12-11-26-14-29)8-7-17-6-5-15-3-1-10-27-20(15)28-17/h2,4-6,9,13,18,26H,1,3,7-8,10-12,14H2,(H2,24,31)(H,27,28)(H,32,33)/t18?,23-/m0/s1. The highest BCUT2D eigenvalue weighted by Gasteiger charge is 2.56. The van der Waals surface area contributed by atoms with Gasteiger partial charge in [-0.1, -0.05) is 12.1 Å². The lowest BCUT2D eigenvalue weighted by Gasteiger charge is -2.33. The van der Waals surface area contributed by atoms with Gasteiger partial charge in [0.05, 0.1) is 6.04 Å². The minimum atomic E-state index is -2.52. The molecule has 0 aliphatic carbocycles. The summed E-state index contributed by atoms with van der Waals surface area (Å²) in [5.74, 6) is -2.71. The van der Waals surface area contributed by atoms with Crippen molar-refractivity contribution in [3.05, 3.63) is 53.5 Å². The van der Waals surface area contributed by atoms with Crippen LogP contribution in [-0.2, 0) is 32.6 Å². The van der Waals surface area contributed by atoms with Crippen molar-refractivity contribution in [2.24, 2.45) is 5.73 Å². The van der Waals surface area contributed by atoms with Crippen molar-refractivity contribution < 1.29 is 19.5 Å². The van der Waals surface area contributed by atoms with E-state index in [1.54, 1.807) is 0 Å². The Kier molecular flexibility index (Phi) is 6.66. The summed E-state index contributed by atoms with van der Waals surface area (Å²) >= 11 is 0. The van der Waals surface area contributed by atoms with Crippen molar-refractivity contribution in [2.75, 3.05) is 31.6 Å². The predicted molar refractivity (Wildman–Crippen MR) is 120 cm³/mol. The first kappa shape index (κ1) is 22.8. The number of rotatable bonds is 9. The van der Waals surface area contributed by atoms with Gasteiger partial charge in [0.25, 0.3) is 0 Å². The number of anilines is 1. The van der Waals surface area contributed by atoms with E-state index in [-0.39, 0.29) is 5.56 Å². The zero-order chi connectivity index (χ0) is 23.4. The number of pyridine rings is 2. The van der Waals surface area contributed by atoms with Crippen LogP contribution in [0, 0.1) is 0 Å². The number of fused-ring (bicyclic) bond motifs is 1. The average molecular weight is 453 g/mol. The van der Waals surface area contributed by atoms with Gasteiger partial charge < -0.3 is 21.5 Å². The number of hydrogen-bond donors (Lipinski definition) is 4. The van der Waals surface area contributed by atoms with Crippen molar-refractivity contribution >= 4 is 23.5 Å². The Morgan fingerprint density at radius 3 is 2.76 bits per heavy atom. The number of carboxylic acids is 1. The molecule has 5 N–H and O–H groups in total. The third kappa shape index (κ3) is 4.31. The summed E-state index contributed by atoms with van der Waals surface area (Å²) in [5.41, 5.74) is 5.01. The van der Waals surface area contributed by atoms with Gasteiger partial charge in [-0.25, -0.2) is 4.98 Å². The highest BCUT2D eigenvalue weighted by molar-refractivity contribution is 6.28. The Morgan fingerprint density at radius 1 is 1.24 bits per heavy atom.